The fourth-order valence-electron chi connectivity index (χ4n) is 0.563. The molecule has 5 heteroatoms. The van der Waals surface area contributed by atoms with Gasteiger partial charge < -0.3 is 0 Å². The molecule has 0 aliphatic rings. The van der Waals surface area contributed by atoms with Crippen molar-refractivity contribution in [1.82, 2.24) is 19.8 Å². The molecule has 0 saturated heterocycles. The van der Waals surface area contributed by atoms with E-state index in [9.17, 15) is 4.79 Å². The van der Waals surface area contributed by atoms with Crippen LogP contribution in [0.15, 0.2) is 10.9 Å². The summed E-state index contributed by atoms with van der Waals surface area (Å²) >= 11 is 0. The number of aromatic nitrogens is 4. The third-order valence-corrected chi connectivity index (χ3v) is 1.03. The Morgan fingerprint density at radius 1 is 1.50 bits per heavy atom. The highest BCUT2D eigenvalue weighted by molar-refractivity contribution is 5.15. The topological polar surface area (TPSA) is 52.7 Å². The van der Waals surface area contributed by atoms with Gasteiger partial charge in [-0.2, -0.15) is 9.36 Å². The van der Waals surface area contributed by atoms with E-state index in [4.69, 9.17) is 0 Å². The van der Waals surface area contributed by atoms with E-state index < -0.39 is 0 Å². The van der Waals surface area contributed by atoms with Crippen LogP contribution >= 0.6 is 0 Å². The second-order valence-electron chi connectivity index (χ2n) is 1.81. The van der Waals surface area contributed by atoms with Crippen LogP contribution in [0.2, 0.25) is 0 Å². The Kier molecular flexibility index (Phi) is 1.66. The van der Waals surface area contributed by atoms with Crippen LogP contribution in [0.5, 0.6) is 0 Å². The molecule has 0 fully saturated rings. The Bertz CT molecular complexity index is 295. The number of allylic oxidation sites excluding steroid dienone is 1. The van der Waals surface area contributed by atoms with Crippen LogP contribution < -0.4 is 5.69 Å². The van der Waals surface area contributed by atoms with E-state index >= 15 is 0 Å². The lowest BCUT2D eigenvalue weighted by Crippen LogP contribution is -2.19. The molecule has 0 aliphatic heterocycles. The largest absolute Gasteiger partial charge is 0.367 e. The first-order chi connectivity index (χ1) is 4.75. The van der Waals surface area contributed by atoms with Crippen LogP contribution in [-0.2, 0) is 7.05 Å². The summed E-state index contributed by atoms with van der Waals surface area (Å²) in [6, 6.07) is 0. The number of hydrogen-bond donors (Lipinski definition) is 0. The summed E-state index contributed by atoms with van der Waals surface area (Å²) in [5, 5.41) is 7.04. The van der Waals surface area contributed by atoms with Crippen molar-refractivity contribution in [2.24, 2.45) is 7.05 Å². The number of nitrogens with zero attached hydrogens (tertiary/aromatic N) is 4. The van der Waals surface area contributed by atoms with Crippen LogP contribution in [0.3, 0.4) is 0 Å². The van der Waals surface area contributed by atoms with Gasteiger partial charge >= 0.3 is 5.69 Å². The molecule has 0 aromatic carbocycles. The van der Waals surface area contributed by atoms with Crippen molar-refractivity contribution in [2.45, 2.75) is 6.92 Å². The summed E-state index contributed by atoms with van der Waals surface area (Å²) < 4.78 is 2.33. The minimum Gasteiger partial charge on any atom is -0.244 e. The van der Waals surface area contributed by atoms with E-state index in [-0.39, 0.29) is 5.69 Å². The molecule has 0 atom stereocenters. The van der Waals surface area contributed by atoms with E-state index in [0.29, 0.717) is 0 Å². The fraction of sp³-hybridized carbons (Fsp3) is 0.400. The molecule has 0 N–H and O–H groups in total. The average Bonchev–Trinajstić information content (AvgIpc) is 2.20. The van der Waals surface area contributed by atoms with E-state index in [0.717, 1.165) is 0 Å². The Balaban J connectivity index is 3.18. The van der Waals surface area contributed by atoms with Gasteiger partial charge in [-0.1, -0.05) is 6.08 Å². The van der Waals surface area contributed by atoms with Gasteiger partial charge in [0.2, 0.25) is 0 Å². The van der Waals surface area contributed by atoms with Crippen molar-refractivity contribution in [3.8, 4) is 0 Å². The van der Waals surface area contributed by atoms with Gasteiger partial charge in [0.25, 0.3) is 0 Å². The van der Waals surface area contributed by atoms with E-state index in [1.54, 1.807) is 26.2 Å². The average molecular weight is 140 g/mol. The molecule has 0 aliphatic carbocycles. The van der Waals surface area contributed by atoms with Gasteiger partial charge in [0.15, 0.2) is 0 Å². The quantitative estimate of drug-likeness (QED) is 0.526. The molecular formula is C5H8N4O. The summed E-state index contributed by atoms with van der Waals surface area (Å²) in [5.41, 5.74) is -0.238. The molecule has 1 heterocycles. The Morgan fingerprint density at radius 3 is 2.60 bits per heavy atom. The van der Waals surface area contributed by atoms with Crippen LogP contribution in [-0.4, -0.2) is 19.8 Å². The summed E-state index contributed by atoms with van der Waals surface area (Å²) in [6.45, 7) is 1.81. The van der Waals surface area contributed by atoms with Gasteiger partial charge in [-0.3, -0.25) is 0 Å². The molecule has 0 radical (unpaired) electrons. The Hall–Kier alpha value is -1.39. The number of hydrogen-bond acceptors (Lipinski definition) is 3. The van der Waals surface area contributed by atoms with Crippen molar-refractivity contribution in [3.63, 3.8) is 0 Å². The molecule has 0 unspecified atom stereocenters. The van der Waals surface area contributed by atoms with Crippen LogP contribution in [0.25, 0.3) is 6.20 Å². The van der Waals surface area contributed by atoms with Crippen molar-refractivity contribution < 1.29 is 0 Å². The van der Waals surface area contributed by atoms with Crippen molar-refractivity contribution in [3.05, 3.63) is 16.6 Å². The molecule has 1 aromatic heterocycles. The fourth-order valence-corrected chi connectivity index (χ4v) is 0.563. The van der Waals surface area contributed by atoms with Crippen LogP contribution in [0.1, 0.15) is 6.92 Å². The molecule has 10 heavy (non-hydrogen) atoms. The lowest BCUT2D eigenvalue weighted by Gasteiger charge is -1.80. The highest BCUT2D eigenvalue weighted by Crippen LogP contribution is 1.72. The Labute approximate surface area is 57.6 Å². The molecule has 0 amide bonds. The normalized spacial score (nSPS) is 11.0. The zero-order chi connectivity index (χ0) is 7.56. The van der Waals surface area contributed by atoms with Crippen LogP contribution in [0, 0.1) is 0 Å². The van der Waals surface area contributed by atoms with Gasteiger partial charge in [0.05, 0.1) is 0 Å². The maximum atomic E-state index is 10.9. The monoisotopic (exact) mass is 140 g/mol. The van der Waals surface area contributed by atoms with Gasteiger partial charge in [0, 0.05) is 13.2 Å². The summed E-state index contributed by atoms with van der Waals surface area (Å²) in [6.07, 6.45) is 3.27. The van der Waals surface area contributed by atoms with Crippen molar-refractivity contribution in [1.29, 1.82) is 0 Å². The van der Waals surface area contributed by atoms with Gasteiger partial charge in [0.1, 0.15) is 0 Å². The predicted octanol–water partition coefficient (Wildman–Crippen LogP) is -0.533. The summed E-state index contributed by atoms with van der Waals surface area (Å²) in [5.74, 6) is 0. The molecular weight excluding hydrogens is 132 g/mol. The van der Waals surface area contributed by atoms with Gasteiger partial charge in [-0.15, -0.1) is 0 Å². The predicted molar refractivity (Wildman–Crippen MR) is 36.3 cm³/mol. The number of aryl methyl sites for hydroxylation is 1. The lowest BCUT2D eigenvalue weighted by atomic mass is 10.7. The first-order valence-electron chi connectivity index (χ1n) is 2.87. The molecule has 5 nitrogen and oxygen atoms in total. The lowest BCUT2D eigenvalue weighted by molar-refractivity contribution is 0.693. The molecule has 0 saturated carbocycles. The maximum Gasteiger partial charge on any atom is 0.367 e. The first kappa shape index (κ1) is 6.73. The third-order valence-electron chi connectivity index (χ3n) is 1.03. The van der Waals surface area contributed by atoms with Gasteiger partial charge in [-0.05, 0) is 17.4 Å². The highest BCUT2D eigenvalue weighted by Gasteiger charge is 1.95. The standard InChI is InChI=1S/C5H8N4O/c1-3-4-9-5(10)8(2)6-7-9/h3-4H,1-2H3/b4-3+. The molecule has 1 aromatic rings. The van der Waals surface area contributed by atoms with E-state index in [1.165, 1.54) is 9.36 Å². The SMILES string of the molecule is C/C=C/n1nnn(C)c1=O. The highest BCUT2D eigenvalue weighted by atomic mass is 16.2. The number of tetrazole rings is 1. The summed E-state index contributed by atoms with van der Waals surface area (Å²) in [7, 11) is 1.55. The summed E-state index contributed by atoms with van der Waals surface area (Å²) in [4.78, 5) is 10.9. The maximum absolute atomic E-state index is 10.9. The molecule has 0 bridgehead atoms. The van der Waals surface area contributed by atoms with Crippen molar-refractivity contribution in [2.75, 3.05) is 0 Å². The second kappa shape index (κ2) is 2.47. The first-order valence-corrected chi connectivity index (χ1v) is 2.87. The van der Waals surface area contributed by atoms with Crippen LogP contribution in [0.4, 0.5) is 0 Å². The van der Waals surface area contributed by atoms with Gasteiger partial charge in [-0.25, -0.2) is 4.79 Å². The zero-order valence-corrected chi connectivity index (χ0v) is 5.85. The smallest absolute Gasteiger partial charge is 0.244 e. The minimum atomic E-state index is -0.238. The third kappa shape index (κ3) is 0.975. The van der Waals surface area contributed by atoms with E-state index in [1.807, 2.05) is 0 Å². The minimum absolute atomic E-state index is 0.238. The number of rotatable bonds is 1. The van der Waals surface area contributed by atoms with Crippen molar-refractivity contribution >= 4 is 6.20 Å². The second-order valence-corrected chi connectivity index (χ2v) is 1.81. The zero-order valence-electron chi connectivity index (χ0n) is 5.85. The Morgan fingerprint density at radius 2 is 2.20 bits per heavy atom. The van der Waals surface area contributed by atoms with E-state index in [2.05, 4.69) is 10.4 Å². The molecule has 1 rings (SSSR count). The molecule has 0 spiro atoms. The molecule has 54 valence electrons.